The fourth-order valence-electron chi connectivity index (χ4n) is 2.22. The molecule has 20 heavy (non-hydrogen) atoms. The van der Waals surface area contributed by atoms with Gasteiger partial charge in [0, 0.05) is 22.6 Å². The average Bonchev–Trinajstić information content (AvgIpc) is 2.90. The molecule has 0 saturated heterocycles. The minimum atomic E-state index is -3.59. The first-order valence-corrected chi connectivity index (χ1v) is 9.84. The molecule has 0 aromatic heterocycles. The summed E-state index contributed by atoms with van der Waals surface area (Å²) in [5.41, 5.74) is 0. The number of hydrogen-bond donors (Lipinski definition) is 1. The zero-order valence-electron chi connectivity index (χ0n) is 10.9. The maximum absolute atomic E-state index is 12.1. The summed E-state index contributed by atoms with van der Waals surface area (Å²) >= 11 is 13.6. The molecule has 1 aliphatic rings. The Hall–Kier alpha value is 0.0600. The quantitative estimate of drug-likeness (QED) is 0.787. The molecule has 0 atom stereocenters. The summed E-state index contributed by atoms with van der Waals surface area (Å²) in [5, 5.41) is 1.23. The summed E-state index contributed by atoms with van der Waals surface area (Å²) in [5.74, 6) is 0.780. The van der Waals surface area contributed by atoms with Gasteiger partial charge in [0.15, 0.2) is 0 Å². The van der Waals surface area contributed by atoms with Crippen LogP contribution in [0.1, 0.15) is 25.7 Å². The number of sulfonamides is 1. The minimum Gasteiger partial charge on any atom is -0.210 e. The van der Waals surface area contributed by atoms with Crippen molar-refractivity contribution >= 4 is 45.0 Å². The Morgan fingerprint density at radius 3 is 2.65 bits per heavy atom. The first-order valence-electron chi connectivity index (χ1n) is 6.55. The third-order valence-corrected chi connectivity index (χ3v) is 6.79. The molecule has 1 aliphatic carbocycles. The van der Waals surface area contributed by atoms with Crippen LogP contribution in [-0.4, -0.2) is 26.0 Å². The summed E-state index contributed by atoms with van der Waals surface area (Å²) in [6.45, 7) is 0.409. The van der Waals surface area contributed by atoms with Crippen molar-refractivity contribution in [2.24, 2.45) is 0 Å². The van der Waals surface area contributed by atoms with Crippen LogP contribution < -0.4 is 4.72 Å². The van der Waals surface area contributed by atoms with Gasteiger partial charge in [0.25, 0.3) is 0 Å². The number of thioether (sulfide) groups is 1. The summed E-state index contributed by atoms with van der Waals surface area (Å²) in [7, 11) is -3.59. The van der Waals surface area contributed by atoms with Gasteiger partial charge in [-0.1, -0.05) is 36.0 Å². The highest BCUT2D eigenvalue weighted by Crippen LogP contribution is 2.29. The fourth-order valence-corrected chi connectivity index (χ4v) is 5.36. The highest BCUT2D eigenvalue weighted by Gasteiger charge is 2.19. The second-order valence-electron chi connectivity index (χ2n) is 4.75. The van der Waals surface area contributed by atoms with E-state index in [4.69, 9.17) is 23.2 Å². The van der Waals surface area contributed by atoms with Crippen molar-refractivity contribution in [3.8, 4) is 0 Å². The van der Waals surface area contributed by atoms with Gasteiger partial charge >= 0.3 is 0 Å². The topological polar surface area (TPSA) is 46.2 Å². The standard InChI is InChI=1S/C13H17Cl2NO2S2/c14-10-5-6-12(15)13(9-10)20(17,18)16-7-8-19-11-3-1-2-4-11/h5-6,9,11,16H,1-4,7-8H2. The summed E-state index contributed by atoms with van der Waals surface area (Å²) in [4.78, 5) is 0.0394. The highest BCUT2D eigenvalue weighted by molar-refractivity contribution is 8.00. The maximum atomic E-state index is 12.1. The predicted octanol–water partition coefficient (Wildman–Crippen LogP) is 3.95. The molecule has 0 radical (unpaired) electrons. The molecular weight excluding hydrogens is 337 g/mol. The lowest BCUT2D eigenvalue weighted by Crippen LogP contribution is -2.26. The van der Waals surface area contributed by atoms with Crippen molar-refractivity contribution in [1.82, 2.24) is 4.72 Å². The lowest BCUT2D eigenvalue weighted by atomic mass is 10.4. The van der Waals surface area contributed by atoms with Gasteiger partial charge in [-0.15, -0.1) is 0 Å². The zero-order valence-corrected chi connectivity index (χ0v) is 14.1. The van der Waals surface area contributed by atoms with Crippen molar-refractivity contribution in [2.75, 3.05) is 12.3 Å². The van der Waals surface area contributed by atoms with Gasteiger partial charge in [-0.2, -0.15) is 11.8 Å². The van der Waals surface area contributed by atoms with E-state index in [-0.39, 0.29) is 9.92 Å². The average molecular weight is 354 g/mol. The van der Waals surface area contributed by atoms with Crippen LogP contribution in [0.4, 0.5) is 0 Å². The van der Waals surface area contributed by atoms with Crippen LogP contribution >= 0.6 is 35.0 Å². The molecule has 2 rings (SSSR count). The van der Waals surface area contributed by atoms with E-state index in [0.29, 0.717) is 16.8 Å². The molecule has 7 heteroatoms. The minimum absolute atomic E-state index is 0.0394. The van der Waals surface area contributed by atoms with Gasteiger partial charge in [-0.25, -0.2) is 13.1 Å². The van der Waals surface area contributed by atoms with E-state index in [0.717, 1.165) is 5.75 Å². The molecule has 0 spiro atoms. The Morgan fingerprint density at radius 2 is 1.95 bits per heavy atom. The van der Waals surface area contributed by atoms with Gasteiger partial charge in [-0.05, 0) is 31.0 Å². The molecule has 0 bridgehead atoms. The molecule has 3 nitrogen and oxygen atoms in total. The van der Waals surface area contributed by atoms with E-state index in [1.54, 1.807) is 6.07 Å². The van der Waals surface area contributed by atoms with E-state index in [2.05, 4.69) is 4.72 Å². The van der Waals surface area contributed by atoms with E-state index in [1.165, 1.54) is 37.8 Å². The van der Waals surface area contributed by atoms with E-state index in [9.17, 15) is 8.42 Å². The molecule has 1 N–H and O–H groups in total. The Kier molecular flexibility index (Phi) is 6.05. The zero-order chi connectivity index (χ0) is 14.6. The summed E-state index contributed by atoms with van der Waals surface area (Å²) in [6.07, 6.45) is 5.08. The van der Waals surface area contributed by atoms with Crippen molar-refractivity contribution in [2.45, 2.75) is 35.8 Å². The molecule has 1 aromatic rings. The lowest BCUT2D eigenvalue weighted by Gasteiger charge is -2.11. The summed E-state index contributed by atoms with van der Waals surface area (Å²) < 4.78 is 26.9. The first-order chi connectivity index (χ1) is 9.49. The molecule has 1 saturated carbocycles. The van der Waals surface area contributed by atoms with Crippen molar-refractivity contribution in [3.05, 3.63) is 28.2 Å². The van der Waals surface area contributed by atoms with Crippen LogP contribution in [0, 0.1) is 0 Å². The van der Waals surface area contributed by atoms with Crippen LogP contribution in [-0.2, 0) is 10.0 Å². The molecule has 1 aromatic carbocycles. The highest BCUT2D eigenvalue weighted by atomic mass is 35.5. The molecule has 112 valence electrons. The van der Waals surface area contributed by atoms with E-state index >= 15 is 0 Å². The van der Waals surface area contributed by atoms with Crippen LogP contribution in [0.15, 0.2) is 23.1 Å². The number of benzene rings is 1. The van der Waals surface area contributed by atoms with E-state index < -0.39 is 10.0 Å². The van der Waals surface area contributed by atoms with Crippen molar-refractivity contribution in [3.63, 3.8) is 0 Å². The van der Waals surface area contributed by atoms with Crippen LogP contribution in [0.25, 0.3) is 0 Å². The Bertz CT molecular complexity index is 557. The smallest absolute Gasteiger partial charge is 0.210 e. The largest absolute Gasteiger partial charge is 0.242 e. The molecule has 0 amide bonds. The third-order valence-electron chi connectivity index (χ3n) is 3.23. The second-order valence-corrected chi connectivity index (χ2v) is 8.74. The molecule has 0 heterocycles. The Balaban J connectivity index is 1.88. The SMILES string of the molecule is O=S(=O)(NCCSC1CCCC1)c1cc(Cl)ccc1Cl. The summed E-state index contributed by atoms with van der Waals surface area (Å²) in [6, 6.07) is 4.43. The normalized spacial score (nSPS) is 16.7. The molecule has 0 aliphatic heterocycles. The molecule has 0 unspecified atom stereocenters. The number of nitrogens with one attached hydrogen (secondary N) is 1. The van der Waals surface area contributed by atoms with Crippen molar-refractivity contribution in [1.29, 1.82) is 0 Å². The number of halogens is 2. The van der Waals surface area contributed by atoms with Gasteiger partial charge in [0.2, 0.25) is 10.0 Å². The predicted molar refractivity (Wildman–Crippen MR) is 86.4 cm³/mol. The van der Waals surface area contributed by atoms with Gasteiger partial charge in [0.05, 0.1) is 5.02 Å². The second kappa shape index (κ2) is 7.36. The van der Waals surface area contributed by atoms with Gasteiger partial charge < -0.3 is 0 Å². The molecular formula is C13H17Cl2NO2S2. The maximum Gasteiger partial charge on any atom is 0.242 e. The van der Waals surface area contributed by atoms with Gasteiger partial charge in [-0.3, -0.25) is 0 Å². The van der Waals surface area contributed by atoms with Crippen LogP contribution in [0.2, 0.25) is 10.0 Å². The monoisotopic (exact) mass is 353 g/mol. The van der Waals surface area contributed by atoms with Crippen molar-refractivity contribution < 1.29 is 8.42 Å². The number of hydrogen-bond acceptors (Lipinski definition) is 3. The van der Waals surface area contributed by atoms with Crippen LogP contribution in [0.5, 0.6) is 0 Å². The molecule has 1 fully saturated rings. The Morgan fingerprint density at radius 1 is 1.25 bits per heavy atom. The Labute approximate surface area is 134 Å². The first kappa shape index (κ1) is 16.4. The number of rotatable bonds is 6. The third kappa shape index (κ3) is 4.53. The van der Waals surface area contributed by atoms with Crippen LogP contribution in [0.3, 0.4) is 0 Å². The van der Waals surface area contributed by atoms with Gasteiger partial charge in [0.1, 0.15) is 4.90 Å². The lowest BCUT2D eigenvalue weighted by molar-refractivity contribution is 0.584. The van der Waals surface area contributed by atoms with E-state index in [1.807, 2.05) is 11.8 Å². The fraction of sp³-hybridized carbons (Fsp3) is 0.538.